The summed E-state index contributed by atoms with van der Waals surface area (Å²) in [7, 11) is 0. The lowest BCUT2D eigenvalue weighted by molar-refractivity contribution is -0.135. The normalized spacial score (nSPS) is 17.2. The van der Waals surface area contributed by atoms with Crippen LogP contribution in [0.5, 0.6) is 0 Å². The highest BCUT2D eigenvalue weighted by Crippen LogP contribution is 2.21. The van der Waals surface area contributed by atoms with Gasteiger partial charge >= 0.3 is 0 Å². The first-order valence-electron chi connectivity index (χ1n) is 7.19. The number of nitrogens with one attached hydrogen (secondary N) is 3. The van der Waals surface area contributed by atoms with Crippen LogP contribution in [0.2, 0.25) is 0 Å². The van der Waals surface area contributed by atoms with Gasteiger partial charge in [-0.1, -0.05) is 12.1 Å². The highest BCUT2D eigenvalue weighted by molar-refractivity contribution is 6.00. The van der Waals surface area contributed by atoms with Gasteiger partial charge in [0.05, 0.1) is 11.0 Å². The number of imidazole rings is 1. The van der Waals surface area contributed by atoms with Gasteiger partial charge in [0.1, 0.15) is 6.04 Å². The summed E-state index contributed by atoms with van der Waals surface area (Å²) in [5, 5.41) is 4.42. The van der Waals surface area contributed by atoms with Gasteiger partial charge in [-0.25, -0.2) is 13.8 Å². The fourth-order valence-corrected chi connectivity index (χ4v) is 2.23. The maximum atomic E-state index is 12.2. The van der Waals surface area contributed by atoms with Crippen LogP contribution in [0.4, 0.5) is 8.78 Å². The highest BCUT2D eigenvalue weighted by Gasteiger charge is 2.25. The molecule has 0 spiro atoms. The lowest BCUT2D eigenvalue weighted by Crippen LogP contribution is -2.50. The van der Waals surface area contributed by atoms with Gasteiger partial charge in [0, 0.05) is 6.42 Å². The van der Waals surface area contributed by atoms with E-state index in [1.165, 1.54) is 0 Å². The summed E-state index contributed by atoms with van der Waals surface area (Å²) in [5.41, 5.74) is 2.19. The second-order valence-electron chi connectivity index (χ2n) is 5.18. The van der Waals surface area contributed by atoms with Crippen molar-refractivity contribution in [2.75, 3.05) is 0 Å². The number of rotatable bonds is 3. The van der Waals surface area contributed by atoms with Crippen LogP contribution in [-0.2, 0) is 14.4 Å². The van der Waals surface area contributed by atoms with Crippen molar-refractivity contribution in [2.45, 2.75) is 32.2 Å². The summed E-state index contributed by atoms with van der Waals surface area (Å²) in [6.45, 7) is 1.85. The van der Waals surface area contributed by atoms with E-state index in [1.54, 1.807) is 6.07 Å². The van der Waals surface area contributed by atoms with E-state index in [0.29, 0.717) is 23.9 Å². The van der Waals surface area contributed by atoms with E-state index in [4.69, 9.17) is 0 Å². The summed E-state index contributed by atoms with van der Waals surface area (Å²) < 4.78 is 24.5. The van der Waals surface area contributed by atoms with E-state index in [2.05, 4.69) is 20.6 Å². The predicted molar refractivity (Wildman–Crippen MR) is 81.2 cm³/mol. The van der Waals surface area contributed by atoms with E-state index in [9.17, 15) is 23.2 Å². The van der Waals surface area contributed by atoms with Gasteiger partial charge in [-0.15, -0.1) is 0 Å². The lowest BCUT2D eigenvalue weighted by atomic mass is 10.1. The van der Waals surface area contributed by atoms with Crippen molar-refractivity contribution in [3.8, 4) is 0 Å². The molecule has 1 aromatic carbocycles. The van der Waals surface area contributed by atoms with E-state index >= 15 is 0 Å². The number of H-pyrrole nitrogens is 1. The molecule has 9 heteroatoms. The maximum absolute atomic E-state index is 12.2. The highest BCUT2D eigenvalue weighted by atomic mass is 19.3. The Hall–Kier alpha value is -2.84. The SMILES string of the molecule is Cc1cccc2[nH]c(C(F)F)nc12.O=CNC1CCC(=O)NC1=O. The van der Waals surface area contributed by atoms with Gasteiger partial charge in [0.25, 0.3) is 6.43 Å². The third kappa shape index (κ3) is 4.12. The summed E-state index contributed by atoms with van der Waals surface area (Å²) in [6, 6.07) is 4.86. The molecule has 0 radical (unpaired) electrons. The van der Waals surface area contributed by atoms with Crippen molar-refractivity contribution in [3.63, 3.8) is 0 Å². The molecule has 0 saturated carbocycles. The topological polar surface area (TPSA) is 104 Å². The van der Waals surface area contributed by atoms with Crippen LogP contribution in [0, 0.1) is 6.92 Å². The van der Waals surface area contributed by atoms with E-state index in [0.717, 1.165) is 5.56 Å². The predicted octanol–water partition coefficient (Wildman–Crippen LogP) is 1.35. The summed E-state index contributed by atoms with van der Waals surface area (Å²) in [5.74, 6) is -0.961. The van der Waals surface area contributed by atoms with Gasteiger partial charge in [0.2, 0.25) is 18.2 Å². The Morgan fingerprint density at radius 3 is 2.71 bits per heavy atom. The molecule has 3 rings (SSSR count). The van der Waals surface area contributed by atoms with Crippen molar-refractivity contribution >= 4 is 29.3 Å². The molecule has 0 bridgehead atoms. The van der Waals surface area contributed by atoms with Gasteiger partial charge in [-0.2, -0.15) is 0 Å². The molecular weight excluding hydrogens is 322 g/mol. The van der Waals surface area contributed by atoms with Crippen molar-refractivity contribution in [1.29, 1.82) is 0 Å². The molecule has 1 fully saturated rings. The van der Waals surface area contributed by atoms with Crippen molar-refractivity contribution in [3.05, 3.63) is 29.6 Å². The Morgan fingerprint density at radius 1 is 1.38 bits per heavy atom. The summed E-state index contributed by atoms with van der Waals surface area (Å²) in [4.78, 5) is 37.7. The smallest absolute Gasteiger partial charge is 0.295 e. The quantitative estimate of drug-likeness (QED) is 0.580. The fourth-order valence-electron chi connectivity index (χ4n) is 2.23. The Kier molecular flexibility index (Phi) is 5.56. The molecule has 1 aliphatic rings. The minimum absolute atomic E-state index is 0.260. The van der Waals surface area contributed by atoms with Gasteiger partial charge in [0.15, 0.2) is 5.82 Å². The number of halogens is 2. The lowest BCUT2D eigenvalue weighted by Gasteiger charge is -2.19. The molecule has 0 aliphatic carbocycles. The zero-order valence-electron chi connectivity index (χ0n) is 12.8. The first kappa shape index (κ1) is 17.5. The van der Waals surface area contributed by atoms with Crippen LogP contribution in [0.3, 0.4) is 0 Å². The molecule has 128 valence electrons. The second-order valence-corrected chi connectivity index (χ2v) is 5.18. The number of fused-ring (bicyclic) bond motifs is 1. The number of imide groups is 1. The molecule has 1 aliphatic heterocycles. The van der Waals surface area contributed by atoms with Crippen LogP contribution in [0.25, 0.3) is 11.0 Å². The average Bonchev–Trinajstić information content (AvgIpc) is 2.97. The number of alkyl halides is 2. The van der Waals surface area contributed by atoms with E-state index in [1.807, 2.05) is 19.1 Å². The Bertz CT molecular complexity index is 760. The van der Waals surface area contributed by atoms with Crippen LogP contribution in [0.15, 0.2) is 18.2 Å². The maximum Gasteiger partial charge on any atom is 0.295 e. The first-order chi connectivity index (χ1) is 11.4. The van der Waals surface area contributed by atoms with Crippen molar-refractivity contribution < 1.29 is 23.2 Å². The number of aryl methyl sites for hydroxylation is 1. The Labute approximate surface area is 135 Å². The largest absolute Gasteiger partial charge is 0.347 e. The number of para-hydroxylation sites is 1. The Morgan fingerprint density at radius 2 is 2.12 bits per heavy atom. The molecule has 1 unspecified atom stereocenters. The second kappa shape index (κ2) is 7.62. The van der Waals surface area contributed by atoms with E-state index in [-0.39, 0.29) is 18.2 Å². The van der Waals surface area contributed by atoms with Gasteiger partial charge < -0.3 is 10.3 Å². The third-order valence-electron chi connectivity index (χ3n) is 3.45. The average molecular weight is 338 g/mol. The summed E-state index contributed by atoms with van der Waals surface area (Å²) >= 11 is 0. The molecule has 3 amide bonds. The number of hydrogen-bond acceptors (Lipinski definition) is 4. The van der Waals surface area contributed by atoms with E-state index < -0.39 is 18.4 Å². The van der Waals surface area contributed by atoms with Crippen LogP contribution >= 0.6 is 0 Å². The first-order valence-corrected chi connectivity index (χ1v) is 7.19. The number of piperidine rings is 1. The fraction of sp³-hybridized carbons (Fsp3) is 0.333. The Balaban J connectivity index is 0.000000177. The number of amides is 3. The number of nitrogens with zero attached hydrogens (tertiary/aromatic N) is 1. The van der Waals surface area contributed by atoms with Crippen molar-refractivity contribution in [1.82, 2.24) is 20.6 Å². The standard InChI is InChI=1S/C9H8F2N2.C6H8N2O3/c1-5-3-2-4-6-7(5)13-9(12-6)8(10)11;9-3-7-4-1-2-5(10)8-6(4)11/h2-4,8H,1H3,(H,12,13);3-4H,1-2H2,(H,7,9)(H,8,10,11). The number of hydrogen-bond donors (Lipinski definition) is 3. The monoisotopic (exact) mass is 338 g/mol. The molecule has 7 nitrogen and oxygen atoms in total. The zero-order chi connectivity index (χ0) is 17.7. The minimum Gasteiger partial charge on any atom is -0.347 e. The number of aromatic nitrogens is 2. The summed E-state index contributed by atoms with van der Waals surface area (Å²) in [6.07, 6.45) is -1.40. The molecule has 1 aromatic heterocycles. The molecule has 24 heavy (non-hydrogen) atoms. The molecule has 2 aromatic rings. The van der Waals surface area contributed by atoms with Crippen LogP contribution in [-0.4, -0.2) is 34.2 Å². The molecule has 2 heterocycles. The minimum atomic E-state index is -2.54. The van der Waals surface area contributed by atoms with Crippen molar-refractivity contribution in [2.24, 2.45) is 0 Å². The number of carbonyl (C=O) groups is 3. The van der Waals surface area contributed by atoms with Gasteiger partial charge in [-0.3, -0.25) is 19.7 Å². The number of carbonyl (C=O) groups excluding carboxylic acids is 3. The molecule has 3 N–H and O–H groups in total. The van der Waals surface area contributed by atoms with Gasteiger partial charge in [-0.05, 0) is 25.0 Å². The third-order valence-corrected chi connectivity index (χ3v) is 3.45. The number of benzene rings is 1. The molecule has 1 saturated heterocycles. The van der Waals surface area contributed by atoms with Crippen LogP contribution in [0.1, 0.15) is 30.7 Å². The number of aromatic amines is 1. The molecular formula is C15H16F2N4O3. The van der Waals surface area contributed by atoms with Crippen LogP contribution < -0.4 is 10.6 Å². The molecule has 1 atom stereocenters. The zero-order valence-corrected chi connectivity index (χ0v) is 12.8.